The number of hydrogen-bond donors (Lipinski definition) is 1. The third-order valence-electron chi connectivity index (χ3n) is 4.98. The minimum absolute atomic E-state index is 0.0594. The second-order valence-electron chi connectivity index (χ2n) is 6.82. The topological polar surface area (TPSA) is 63.9 Å². The van der Waals surface area contributed by atoms with E-state index in [-0.39, 0.29) is 12.4 Å². The van der Waals surface area contributed by atoms with E-state index in [0.717, 1.165) is 41.8 Å². The van der Waals surface area contributed by atoms with Crippen molar-refractivity contribution in [2.75, 3.05) is 39.5 Å². The number of aromatic nitrogens is 1. The Bertz CT molecular complexity index is 778. The molecule has 0 radical (unpaired) electrons. The van der Waals surface area contributed by atoms with Gasteiger partial charge in [-0.25, -0.2) is 0 Å². The Kier molecular flexibility index (Phi) is 5.96. The zero-order valence-corrected chi connectivity index (χ0v) is 15.8. The van der Waals surface area contributed by atoms with Crippen molar-refractivity contribution in [2.45, 2.75) is 33.4 Å². The summed E-state index contributed by atoms with van der Waals surface area (Å²) >= 11 is 0. The second kappa shape index (κ2) is 8.20. The molecule has 2 aromatic rings. The number of aliphatic hydroxyl groups excluding tert-OH is 1. The van der Waals surface area contributed by atoms with Gasteiger partial charge in [0.1, 0.15) is 18.5 Å². The van der Waals surface area contributed by atoms with Gasteiger partial charge in [-0.2, -0.15) is 0 Å². The molecule has 1 aromatic carbocycles. The first-order chi connectivity index (χ1) is 12.5. The summed E-state index contributed by atoms with van der Waals surface area (Å²) in [6, 6.07) is 5.80. The van der Waals surface area contributed by atoms with E-state index in [1.807, 2.05) is 25.1 Å². The highest BCUT2D eigenvalue weighted by molar-refractivity contribution is 6.08. The van der Waals surface area contributed by atoms with Crippen LogP contribution in [0.3, 0.4) is 0 Å². The van der Waals surface area contributed by atoms with E-state index >= 15 is 0 Å². The average molecular weight is 360 g/mol. The second-order valence-corrected chi connectivity index (χ2v) is 6.82. The van der Waals surface area contributed by atoms with Crippen molar-refractivity contribution in [3.05, 3.63) is 29.5 Å². The summed E-state index contributed by atoms with van der Waals surface area (Å²) in [6.07, 6.45) is -0.557. The predicted molar refractivity (Wildman–Crippen MR) is 101 cm³/mol. The van der Waals surface area contributed by atoms with Crippen LogP contribution in [0.2, 0.25) is 0 Å². The van der Waals surface area contributed by atoms with Gasteiger partial charge in [-0.05, 0) is 39.0 Å². The van der Waals surface area contributed by atoms with Gasteiger partial charge < -0.3 is 19.1 Å². The Balaban J connectivity index is 1.72. The number of aryl methyl sites for hydroxylation is 1. The van der Waals surface area contributed by atoms with Crippen molar-refractivity contribution in [1.29, 1.82) is 0 Å². The first kappa shape index (κ1) is 18.9. The van der Waals surface area contributed by atoms with Gasteiger partial charge in [0.15, 0.2) is 5.78 Å². The van der Waals surface area contributed by atoms with Crippen LogP contribution in [0.5, 0.6) is 5.75 Å². The summed E-state index contributed by atoms with van der Waals surface area (Å²) in [5.74, 6) is 0.735. The van der Waals surface area contributed by atoms with Crippen molar-refractivity contribution in [3.63, 3.8) is 0 Å². The Labute approximate surface area is 154 Å². The molecule has 1 aliphatic rings. The number of β-amino-alcohol motifs (C(OH)–C–C–N with tert-alkyl or cyclic N) is 1. The van der Waals surface area contributed by atoms with E-state index in [2.05, 4.69) is 16.4 Å². The fraction of sp³-hybridized carbons (Fsp3) is 0.550. The number of Topliss-reactive ketones (excluding diaryl/α,β-unsaturated/α-hetero) is 1. The van der Waals surface area contributed by atoms with Crippen molar-refractivity contribution in [3.8, 4) is 5.75 Å². The fourth-order valence-corrected chi connectivity index (χ4v) is 3.73. The molecule has 1 atom stereocenters. The molecule has 0 unspecified atom stereocenters. The zero-order chi connectivity index (χ0) is 18.7. The Morgan fingerprint density at radius 3 is 2.73 bits per heavy atom. The molecule has 1 fully saturated rings. The maximum absolute atomic E-state index is 12.1. The number of hydrogen-bond acceptors (Lipinski definition) is 5. The van der Waals surface area contributed by atoms with Gasteiger partial charge in [0.25, 0.3) is 0 Å². The monoisotopic (exact) mass is 360 g/mol. The Hall–Kier alpha value is -1.89. The molecule has 0 spiro atoms. The lowest BCUT2D eigenvalue weighted by atomic mass is 10.1. The number of benzene rings is 1. The van der Waals surface area contributed by atoms with Crippen LogP contribution in [0.4, 0.5) is 0 Å². The molecule has 0 amide bonds. The van der Waals surface area contributed by atoms with Gasteiger partial charge in [0.05, 0.1) is 13.2 Å². The van der Waals surface area contributed by atoms with Crippen LogP contribution in [-0.4, -0.2) is 65.9 Å². The highest BCUT2D eigenvalue weighted by Crippen LogP contribution is 2.30. The van der Waals surface area contributed by atoms with Crippen molar-refractivity contribution in [2.24, 2.45) is 0 Å². The molecule has 2 heterocycles. The number of carbonyl (C=O) groups is 1. The van der Waals surface area contributed by atoms with E-state index in [9.17, 15) is 9.90 Å². The summed E-state index contributed by atoms with van der Waals surface area (Å²) in [7, 11) is 0. The quantitative estimate of drug-likeness (QED) is 0.767. The van der Waals surface area contributed by atoms with Gasteiger partial charge in [0, 0.05) is 48.3 Å². The van der Waals surface area contributed by atoms with Gasteiger partial charge >= 0.3 is 0 Å². The van der Waals surface area contributed by atoms with Crippen LogP contribution in [0.1, 0.15) is 29.9 Å². The first-order valence-corrected chi connectivity index (χ1v) is 9.26. The molecule has 6 nitrogen and oxygen atoms in total. The Morgan fingerprint density at radius 2 is 2.08 bits per heavy atom. The predicted octanol–water partition coefficient (Wildman–Crippen LogP) is 2.24. The van der Waals surface area contributed by atoms with E-state index < -0.39 is 6.10 Å². The molecule has 26 heavy (non-hydrogen) atoms. The van der Waals surface area contributed by atoms with Crippen molar-refractivity contribution in [1.82, 2.24) is 9.47 Å². The largest absolute Gasteiger partial charge is 0.491 e. The van der Waals surface area contributed by atoms with Gasteiger partial charge in [-0.1, -0.05) is 0 Å². The third kappa shape index (κ3) is 3.92. The molecular weight excluding hydrogens is 332 g/mol. The van der Waals surface area contributed by atoms with Gasteiger partial charge in [-0.15, -0.1) is 0 Å². The molecule has 0 bridgehead atoms. The zero-order valence-electron chi connectivity index (χ0n) is 15.8. The lowest BCUT2D eigenvalue weighted by Crippen LogP contribution is -2.42. The summed E-state index contributed by atoms with van der Waals surface area (Å²) < 4.78 is 13.3. The fourth-order valence-electron chi connectivity index (χ4n) is 3.73. The number of carbonyl (C=O) groups excluding carboxylic acids is 1. The SMILES string of the molecule is CCn1c(C)c(C(C)=O)c2cc(OC[C@H](O)CN3CCOCC3)ccc21. The lowest BCUT2D eigenvalue weighted by Gasteiger charge is -2.28. The normalized spacial score (nSPS) is 16.8. The van der Waals surface area contributed by atoms with E-state index in [4.69, 9.17) is 9.47 Å². The van der Waals surface area contributed by atoms with Crippen LogP contribution in [-0.2, 0) is 11.3 Å². The molecule has 142 valence electrons. The maximum atomic E-state index is 12.1. The van der Waals surface area contributed by atoms with Crippen molar-refractivity contribution < 1.29 is 19.4 Å². The number of fused-ring (bicyclic) bond motifs is 1. The highest BCUT2D eigenvalue weighted by atomic mass is 16.5. The van der Waals surface area contributed by atoms with Crippen LogP contribution < -0.4 is 4.74 Å². The van der Waals surface area contributed by atoms with E-state index in [1.165, 1.54) is 0 Å². The van der Waals surface area contributed by atoms with Crippen LogP contribution in [0.15, 0.2) is 18.2 Å². The van der Waals surface area contributed by atoms with Crippen LogP contribution >= 0.6 is 0 Å². The number of ether oxygens (including phenoxy) is 2. The summed E-state index contributed by atoms with van der Waals surface area (Å²) in [6.45, 7) is 10.4. The smallest absolute Gasteiger partial charge is 0.162 e. The first-order valence-electron chi connectivity index (χ1n) is 9.26. The maximum Gasteiger partial charge on any atom is 0.162 e. The number of ketones is 1. The molecule has 3 rings (SSSR count). The average Bonchev–Trinajstić information content (AvgIpc) is 2.91. The third-order valence-corrected chi connectivity index (χ3v) is 4.98. The number of aliphatic hydroxyl groups is 1. The molecule has 0 aliphatic carbocycles. The molecular formula is C20H28N2O4. The molecule has 0 saturated carbocycles. The minimum Gasteiger partial charge on any atom is -0.491 e. The summed E-state index contributed by atoms with van der Waals surface area (Å²) in [5.41, 5.74) is 2.78. The molecule has 1 aromatic heterocycles. The number of rotatable bonds is 7. The van der Waals surface area contributed by atoms with Crippen LogP contribution in [0, 0.1) is 6.92 Å². The van der Waals surface area contributed by atoms with E-state index in [1.54, 1.807) is 6.92 Å². The molecule has 1 aliphatic heterocycles. The lowest BCUT2D eigenvalue weighted by molar-refractivity contribution is 0.00466. The highest BCUT2D eigenvalue weighted by Gasteiger charge is 2.18. The molecule has 1 saturated heterocycles. The number of morpholine rings is 1. The minimum atomic E-state index is -0.557. The molecule has 6 heteroatoms. The van der Waals surface area contributed by atoms with E-state index in [0.29, 0.717) is 25.5 Å². The summed E-state index contributed by atoms with van der Waals surface area (Å²) in [4.78, 5) is 14.3. The van der Waals surface area contributed by atoms with Gasteiger partial charge in [-0.3, -0.25) is 9.69 Å². The number of nitrogens with zero attached hydrogens (tertiary/aromatic N) is 2. The van der Waals surface area contributed by atoms with Crippen LogP contribution in [0.25, 0.3) is 10.9 Å². The Morgan fingerprint density at radius 1 is 1.35 bits per heavy atom. The van der Waals surface area contributed by atoms with Crippen molar-refractivity contribution >= 4 is 16.7 Å². The summed E-state index contributed by atoms with van der Waals surface area (Å²) in [5, 5.41) is 11.2. The standard InChI is InChI=1S/C20H28N2O4/c1-4-22-14(2)20(15(3)23)18-11-17(5-6-19(18)22)26-13-16(24)12-21-7-9-25-10-8-21/h5-6,11,16,24H,4,7-10,12-13H2,1-3H3/t16-/m1/s1. The van der Waals surface area contributed by atoms with Gasteiger partial charge in [0.2, 0.25) is 0 Å². The molecule has 1 N–H and O–H groups in total.